The molecule has 6 heteroatoms. The van der Waals surface area contributed by atoms with Gasteiger partial charge in [0.05, 0.1) is 0 Å². The summed E-state index contributed by atoms with van der Waals surface area (Å²) in [4.78, 5) is 37.9. The van der Waals surface area contributed by atoms with Gasteiger partial charge in [0.1, 0.15) is 13.2 Å². The highest BCUT2D eigenvalue weighted by Crippen LogP contribution is 2.18. The highest BCUT2D eigenvalue weighted by atomic mass is 16.6. The Morgan fingerprint density at radius 1 is 0.268 bits per heavy atom. The zero-order valence-electron chi connectivity index (χ0n) is 48.0. The molecule has 0 amide bonds. The van der Waals surface area contributed by atoms with E-state index in [1.54, 1.807) is 0 Å². The summed E-state index contributed by atoms with van der Waals surface area (Å²) in [5.74, 6) is -0.867. The van der Waals surface area contributed by atoms with Crippen molar-refractivity contribution >= 4 is 17.9 Å². The zero-order chi connectivity index (χ0) is 51.4. The second-order valence-electron chi connectivity index (χ2n) is 21.7. The molecule has 0 saturated heterocycles. The molecule has 0 aromatic rings. The largest absolute Gasteiger partial charge is 0.462 e. The molecule has 6 nitrogen and oxygen atoms in total. The molecular weight excluding hydrogens is 877 g/mol. The number of hydrogen-bond donors (Lipinski definition) is 0. The number of rotatable bonds is 59. The van der Waals surface area contributed by atoms with Gasteiger partial charge in [0.25, 0.3) is 0 Å². The molecule has 0 aliphatic heterocycles. The molecule has 71 heavy (non-hydrogen) atoms. The van der Waals surface area contributed by atoms with Gasteiger partial charge in [-0.05, 0) is 70.6 Å². The highest BCUT2D eigenvalue weighted by molar-refractivity contribution is 5.71. The molecule has 0 saturated carbocycles. The topological polar surface area (TPSA) is 78.9 Å². The first-order valence-corrected chi connectivity index (χ1v) is 31.8. The average Bonchev–Trinajstić information content (AvgIpc) is 3.37. The second kappa shape index (κ2) is 60.4. The smallest absolute Gasteiger partial charge is 0.306 e. The van der Waals surface area contributed by atoms with E-state index in [4.69, 9.17) is 14.2 Å². The van der Waals surface area contributed by atoms with Crippen LogP contribution in [0.5, 0.6) is 0 Å². The van der Waals surface area contributed by atoms with Crippen LogP contribution in [0.15, 0.2) is 24.3 Å². The molecule has 418 valence electrons. The van der Waals surface area contributed by atoms with Crippen LogP contribution in [0.1, 0.15) is 355 Å². The minimum atomic E-state index is -0.769. The fraction of sp³-hybridized carbons (Fsp3) is 0.892. The quantitative estimate of drug-likeness (QED) is 0.0261. The summed E-state index contributed by atoms with van der Waals surface area (Å²) in [5.41, 5.74) is 0. The van der Waals surface area contributed by atoms with Crippen molar-refractivity contribution in [2.24, 2.45) is 0 Å². The Morgan fingerprint density at radius 2 is 0.465 bits per heavy atom. The predicted octanol–water partition coefficient (Wildman–Crippen LogP) is 21.4. The Kier molecular flexibility index (Phi) is 58.6. The number of unbranched alkanes of at least 4 members (excludes halogenated alkanes) is 44. The third-order valence-corrected chi connectivity index (χ3v) is 14.4. The lowest BCUT2D eigenvalue weighted by atomic mass is 10.0. The van der Waals surface area contributed by atoms with Crippen molar-refractivity contribution < 1.29 is 28.6 Å². The van der Waals surface area contributed by atoms with Crippen LogP contribution in [0.4, 0.5) is 0 Å². The van der Waals surface area contributed by atoms with Gasteiger partial charge >= 0.3 is 17.9 Å². The Hall–Kier alpha value is -2.11. The summed E-state index contributed by atoms with van der Waals surface area (Å²) >= 11 is 0. The summed E-state index contributed by atoms with van der Waals surface area (Å²) in [6.45, 7) is 6.62. The monoisotopic (exact) mass is 999 g/mol. The van der Waals surface area contributed by atoms with E-state index in [0.717, 1.165) is 64.2 Å². The minimum Gasteiger partial charge on any atom is -0.462 e. The lowest BCUT2D eigenvalue weighted by Crippen LogP contribution is -2.30. The van der Waals surface area contributed by atoms with Crippen molar-refractivity contribution in [2.45, 2.75) is 361 Å². The maximum atomic E-state index is 12.8. The van der Waals surface area contributed by atoms with E-state index < -0.39 is 6.10 Å². The zero-order valence-corrected chi connectivity index (χ0v) is 48.0. The molecule has 0 spiro atoms. The van der Waals surface area contributed by atoms with Crippen molar-refractivity contribution in [2.75, 3.05) is 13.2 Å². The minimum absolute atomic E-state index is 0.0697. The van der Waals surface area contributed by atoms with Gasteiger partial charge in [-0.3, -0.25) is 14.4 Å². The fourth-order valence-electron chi connectivity index (χ4n) is 9.61. The molecule has 1 atom stereocenters. The van der Waals surface area contributed by atoms with E-state index >= 15 is 0 Å². The predicted molar refractivity (Wildman–Crippen MR) is 307 cm³/mol. The van der Waals surface area contributed by atoms with E-state index in [1.165, 1.54) is 250 Å². The van der Waals surface area contributed by atoms with Gasteiger partial charge in [-0.15, -0.1) is 0 Å². The van der Waals surface area contributed by atoms with E-state index in [9.17, 15) is 14.4 Å². The number of carbonyl (C=O) groups is 3. The summed E-state index contributed by atoms with van der Waals surface area (Å²) in [7, 11) is 0. The number of allylic oxidation sites excluding steroid dienone is 4. The lowest BCUT2D eigenvalue weighted by Gasteiger charge is -2.18. The van der Waals surface area contributed by atoms with Crippen LogP contribution >= 0.6 is 0 Å². The van der Waals surface area contributed by atoms with Crippen LogP contribution in [0, 0.1) is 0 Å². The molecule has 0 heterocycles. The van der Waals surface area contributed by atoms with E-state index in [-0.39, 0.29) is 31.1 Å². The van der Waals surface area contributed by atoms with E-state index in [2.05, 4.69) is 45.1 Å². The number of hydrogen-bond acceptors (Lipinski definition) is 6. The summed E-state index contributed by atoms with van der Waals surface area (Å²) in [5, 5.41) is 0. The summed E-state index contributed by atoms with van der Waals surface area (Å²) in [6, 6.07) is 0. The number of esters is 3. The third-order valence-electron chi connectivity index (χ3n) is 14.4. The Labute approximate surface area is 443 Å². The summed E-state index contributed by atoms with van der Waals surface area (Å²) in [6.07, 6.45) is 72.4. The lowest BCUT2D eigenvalue weighted by molar-refractivity contribution is -0.167. The summed E-state index contributed by atoms with van der Waals surface area (Å²) < 4.78 is 16.8. The van der Waals surface area contributed by atoms with Crippen molar-refractivity contribution in [1.29, 1.82) is 0 Å². The molecule has 0 rings (SSSR count). The first-order valence-electron chi connectivity index (χ1n) is 31.8. The van der Waals surface area contributed by atoms with Gasteiger partial charge in [0.2, 0.25) is 0 Å². The molecule has 0 radical (unpaired) electrons. The van der Waals surface area contributed by atoms with E-state index in [1.807, 2.05) is 0 Å². The normalized spacial score (nSPS) is 12.1. The molecule has 0 aliphatic carbocycles. The molecule has 0 aromatic carbocycles. The van der Waals surface area contributed by atoms with Gasteiger partial charge < -0.3 is 14.2 Å². The standard InChI is InChI=1S/C65H122O6/c1-4-7-10-13-16-18-20-22-23-24-25-26-27-28-29-30-31-32-33-34-35-36-37-38-39-40-41-43-44-46-49-52-55-58-64(67)70-61-62(60-69-63(66)57-54-51-48-15-12-9-6-3)71-65(68)59-56-53-50-47-45-42-21-19-17-14-11-8-5-2/h19,21,24-25,62H,4-18,20,22-23,26-61H2,1-3H3/b21-19-,25-24-. The second-order valence-corrected chi connectivity index (χ2v) is 21.7. The Morgan fingerprint density at radius 3 is 0.718 bits per heavy atom. The Balaban J connectivity index is 3.91. The number of ether oxygens (including phenoxy) is 3. The molecule has 0 N–H and O–H groups in total. The van der Waals surface area contributed by atoms with E-state index in [0.29, 0.717) is 19.3 Å². The third kappa shape index (κ3) is 58.7. The first kappa shape index (κ1) is 68.9. The maximum Gasteiger partial charge on any atom is 0.306 e. The number of carbonyl (C=O) groups excluding carboxylic acids is 3. The van der Waals surface area contributed by atoms with Gasteiger partial charge in [0, 0.05) is 19.3 Å². The molecule has 0 aliphatic rings. The van der Waals surface area contributed by atoms with Crippen molar-refractivity contribution in [3.05, 3.63) is 24.3 Å². The average molecular weight is 1000 g/mol. The Bertz CT molecular complexity index is 1150. The fourth-order valence-corrected chi connectivity index (χ4v) is 9.61. The van der Waals surface area contributed by atoms with Crippen LogP contribution in [-0.4, -0.2) is 37.2 Å². The van der Waals surface area contributed by atoms with Crippen molar-refractivity contribution in [3.8, 4) is 0 Å². The first-order chi connectivity index (χ1) is 35.0. The van der Waals surface area contributed by atoms with Crippen LogP contribution in [0.2, 0.25) is 0 Å². The van der Waals surface area contributed by atoms with Gasteiger partial charge in [-0.2, -0.15) is 0 Å². The highest BCUT2D eigenvalue weighted by Gasteiger charge is 2.19. The van der Waals surface area contributed by atoms with Gasteiger partial charge in [-0.1, -0.05) is 289 Å². The maximum absolute atomic E-state index is 12.8. The molecule has 0 aromatic heterocycles. The van der Waals surface area contributed by atoms with Crippen molar-refractivity contribution in [3.63, 3.8) is 0 Å². The van der Waals surface area contributed by atoms with Crippen LogP contribution < -0.4 is 0 Å². The SMILES string of the molecule is CCCCCC/C=C\CCCCCCCC(=O)OC(COC(=O)CCCCCCCCC)COC(=O)CCCCCCCCCCCCCCCCCCCCCCC/C=C\CCCCCCCCCC. The van der Waals surface area contributed by atoms with Gasteiger partial charge in [0.15, 0.2) is 6.10 Å². The molecule has 0 fully saturated rings. The van der Waals surface area contributed by atoms with Crippen LogP contribution in [-0.2, 0) is 28.6 Å². The molecule has 0 bridgehead atoms. The van der Waals surface area contributed by atoms with Gasteiger partial charge in [-0.25, -0.2) is 0 Å². The molecule has 1 unspecified atom stereocenters. The van der Waals surface area contributed by atoms with Crippen LogP contribution in [0.3, 0.4) is 0 Å². The van der Waals surface area contributed by atoms with Crippen molar-refractivity contribution in [1.82, 2.24) is 0 Å². The molecular formula is C65H122O6. The van der Waals surface area contributed by atoms with Crippen LogP contribution in [0.25, 0.3) is 0 Å².